The number of carbonyl (C=O) groups is 3. The van der Waals surface area contributed by atoms with E-state index in [2.05, 4.69) is 40.8 Å². The van der Waals surface area contributed by atoms with Gasteiger partial charge in [0, 0.05) is 99.0 Å². The standard InChI is InChI=1S/C33H41ClN6O3/c1-21-22(2)35-30-18-25(4-5-28(21)30)29-19-26(20-31(34)36-29)33(43)40-16-14-38(15-17-40)27-8-12-39(13-9-27)32(42)24-6-10-37(11-7-24)23(3)41/h4-5,18-20,24,27,35H,6-17H2,1-3H3. The SMILES string of the molecule is CC(=O)N1CCC(C(=O)N2CCC(N3CCN(C(=O)c4cc(Cl)nc(-c5ccc6c(C)c(C)[nH]c6c5)c4)CC3)CC2)CC1. The lowest BCUT2D eigenvalue weighted by molar-refractivity contribution is -0.141. The average molecular weight is 605 g/mol. The van der Waals surface area contributed by atoms with Crippen molar-refractivity contribution >= 4 is 40.2 Å². The number of benzene rings is 1. The minimum Gasteiger partial charge on any atom is -0.358 e. The molecule has 0 aliphatic carbocycles. The number of hydrogen-bond acceptors (Lipinski definition) is 5. The molecule has 0 radical (unpaired) electrons. The molecular formula is C33H41ClN6O3. The minimum atomic E-state index is -0.0194. The predicted octanol–water partition coefficient (Wildman–Crippen LogP) is 4.51. The Morgan fingerprint density at radius 3 is 2.19 bits per heavy atom. The molecule has 5 heterocycles. The number of nitrogens with zero attached hydrogens (tertiary/aromatic N) is 5. The van der Waals surface area contributed by atoms with Gasteiger partial charge in [-0.05, 0) is 63.3 Å². The fourth-order valence-electron chi connectivity index (χ4n) is 7.02. The van der Waals surface area contributed by atoms with Gasteiger partial charge in [0.05, 0.1) is 5.69 Å². The van der Waals surface area contributed by atoms with Crippen LogP contribution in [0.4, 0.5) is 0 Å². The lowest BCUT2D eigenvalue weighted by Crippen LogP contribution is -2.55. The van der Waals surface area contributed by atoms with Gasteiger partial charge in [-0.25, -0.2) is 4.98 Å². The lowest BCUT2D eigenvalue weighted by atomic mass is 9.93. The third kappa shape index (κ3) is 6.15. The van der Waals surface area contributed by atoms with Crippen molar-refractivity contribution in [1.82, 2.24) is 29.6 Å². The number of amides is 3. The molecule has 2 aromatic heterocycles. The first-order chi connectivity index (χ1) is 20.7. The molecule has 0 unspecified atom stereocenters. The second-order valence-corrected chi connectivity index (χ2v) is 12.8. The van der Waals surface area contributed by atoms with E-state index in [0.29, 0.717) is 48.6 Å². The first-order valence-electron chi connectivity index (χ1n) is 15.5. The molecule has 3 aliphatic rings. The van der Waals surface area contributed by atoms with Gasteiger partial charge in [0.15, 0.2) is 0 Å². The monoisotopic (exact) mass is 604 g/mol. The van der Waals surface area contributed by atoms with E-state index in [1.807, 2.05) is 26.8 Å². The second-order valence-electron chi connectivity index (χ2n) is 12.4. The maximum Gasteiger partial charge on any atom is 0.254 e. The molecule has 43 heavy (non-hydrogen) atoms. The zero-order valence-electron chi connectivity index (χ0n) is 25.4. The highest BCUT2D eigenvalue weighted by atomic mass is 35.5. The van der Waals surface area contributed by atoms with Crippen LogP contribution in [0.25, 0.3) is 22.2 Å². The summed E-state index contributed by atoms with van der Waals surface area (Å²) in [6, 6.07) is 10.1. The van der Waals surface area contributed by atoms with Crippen LogP contribution < -0.4 is 0 Å². The van der Waals surface area contributed by atoms with Crippen molar-refractivity contribution in [3.8, 4) is 11.3 Å². The van der Waals surface area contributed by atoms with Crippen molar-refractivity contribution in [2.24, 2.45) is 5.92 Å². The van der Waals surface area contributed by atoms with Gasteiger partial charge in [0.1, 0.15) is 5.15 Å². The summed E-state index contributed by atoms with van der Waals surface area (Å²) in [6.45, 7) is 11.7. The summed E-state index contributed by atoms with van der Waals surface area (Å²) in [5.41, 5.74) is 5.58. The maximum atomic E-state index is 13.6. The molecule has 0 saturated carbocycles. The number of pyridine rings is 1. The summed E-state index contributed by atoms with van der Waals surface area (Å²) in [5, 5.41) is 1.49. The molecule has 3 amide bonds. The van der Waals surface area contributed by atoms with Crippen molar-refractivity contribution in [3.05, 3.63) is 52.3 Å². The van der Waals surface area contributed by atoms with Crippen molar-refractivity contribution in [3.63, 3.8) is 0 Å². The number of likely N-dealkylation sites (tertiary alicyclic amines) is 2. The van der Waals surface area contributed by atoms with E-state index in [4.69, 9.17) is 11.6 Å². The van der Waals surface area contributed by atoms with Crippen LogP contribution >= 0.6 is 11.6 Å². The second kappa shape index (κ2) is 12.3. The Morgan fingerprint density at radius 1 is 0.837 bits per heavy atom. The van der Waals surface area contributed by atoms with Crippen LogP contribution in [-0.2, 0) is 9.59 Å². The van der Waals surface area contributed by atoms with E-state index in [1.165, 1.54) is 10.9 Å². The van der Waals surface area contributed by atoms with Crippen molar-refractivity contribution in [2.75, 3.05) is 52.4 Å². The lowest BCUT2D eigenvalue weighted by Gasteiger charge is -2.43. The number of fused-ring (bicyclic) bond motifs is 1. The molecule has 1 aromatic carbocycles. The van der Waals surface area contributed by atoms with Gasteiger partial charge in [-0.1, -0.05) is 23.7 Å². The summed E-state index contributed by atoms with van der Waals surface area (Å²) < 4.78 is 0. The molecule has 0 atom stereocenters. The van der Waals surface area contributed by atoms with Gasteiger partial charge in [-0.3, -0.25) is 19.3 Å². The predicted molar refractivity (Wildman–Crippen MR) is 168 cm³/mol. The Hall–Kier alpha value is -3.43. The topological polar surface area (TPSA) is 92.9 Å². The highest BCUT2D eigenvalue weighted by molar-refractivity contribution is 6.30. The number of hydrogen-bond donors (Lipinski definition) is 1. The highest BCUT2D eigenvalue weighted by Crippen LogP contribution is 2.29. The summed E-state index contributed by atoms with van der Waals surface area (Å²) in [4.78, 5) is 54.5. The fourth-order valence-corrected chi connectivity index (χ4v) is 7.23. The normalized spacial score (nSPS) is 19.3. The largest absolute Gasteiger partial charge is 0.358 e. The molecular weight excluding hydrogens is 564 g/mol. The molecule has 10 heteroatoms. The van der Waals surface area contributed by atoms with E-state index in [0.717, 1.165) is 68.6 Å². The number of carbonyl (C=O) groups excluding carboxylic acids is 3. The summed E-state index contributed by atoms with van der Waals surface area (Å²) in [5.74, 6) is 0.367. The van der Waals surface area contributed by atoms with Crippen molar-refractivity contribution in [1.29, 1.82) is 0 Å². The van der Waals surface area contributed by atoms with E-state index in [1.54, 1.807) is 13.0 Å². The Kier molecular flexibility index (Phi) is 8.47. The van der Waals surface area contributed by atoms with Crippen molar-refractivity contribution in [2.45, 2.75) is 52.5 Å². The summed E-state index contributed by atoms with van der Waals surface area (Å²) in [7, 11) is 0. The van der Waals surface area contributed by atoms with Gasteiger partial charge in [0.2, 0.25) is 11.8 Å². The number of piperidine rings is 2. The highest BCUT2D eigenvalue weighted by Gasteiger charge is 2.34. The molecule has 6 rings (SSSR count). The van der Waals surface area contributed by atoms with Crippen LogP contribution in [0.1, 0.15) is 54.2 Å². The molecule has 3 aromatic rings. The molecule has 228 valence electrons. The number of aryl methyl sites for hydroxylation is 2. The molecule has 9 nitrogen and oxygen atoms in total. The maximum absolute atomic E-state index is 13.6. The minimum absolute atomic E-state index is 0.0194. The van der Waals surface area contributed by atoms with E-state index in [-0.39, 0.29) is 23.6 Å². The zero-order valence-corrected chi connectivity index (χ0v) is 26.1. The fraction of sp³-hybridized carbons (Fsp3) is 0.515. The first-order valence-corrected chi connectivity index (χ1v) is 15.9. The smallest absolute Gasteiger partial charge is 0.254 e. The van der Waals surface area contributed by atoms with E-state index >= 15 is 0 Å². The third-order valence-corrected chi connectivity index (χ3v) is 10.0. The zero-order chi connectivity index (χ0) is 30.2. The quantitative estimate of drug-likeness (QED) is 0.443. The van der Waals surface area contributed by atoms with Gasteiger partial charge in [0.25, 0.3) is 5.91 Å². The Balaban J connectivity index is 1.02. The Morgan fingerprint density at radius 2 is 1.51 bits per heavy atom. The number of aromatic amines is 1. The number of piperazine rings is 1. The van der Waals surface area contributed by atoms with Gasteiger partial charge in [-0.2, -0.15) is 0 Å². The molecule has 3 fully saturated rings. The van der Waals surface area contributed by atoms with E-state index in [9.17, 15) is 14.4 Å². The van der Waals surface area contributed by atoms with Crippen LogP contribution in [0.5, 0.6) is 0 Å². The van der Waals surface area contributed by atoms with Crippen LogP contribution in [0.2, 0.25) is 5.15 Å². The van der Waals surface area contributed by atoms with Crippen molar-refractivity contribution < 1.29 is 14.4 Å². The van der Waals surface area contributed by atoms with Crippen LogP contribution in [0, 0.1) is 19.8 Å². The van der Waals surface area contributed by atoms with Gasteiger partial charge in [-0.15, -0.1) is 0 Å². The number of aromatic nitrogens is 2. The number of H-pyrrole nitrogens is 1. The Labute approximate surface area is 258 Å². The molecule has 0 bridgehead atoms. The van der Waals surface area contributed by atoms with Gasteiger partial charge >= 0.3 is 0 Å². The molecule has 1 N–H and O–H groups in total. The van der Waals surface area contributed by atoms with Gasteiger partial charge < -0.3 is 19.7 Å². The Bertz CT molecular complexity index is 1530. The number of nitrogens with one attached hydrogen (secondary N) is 1. The number of rotatable bonds is 4. The molecule has 3 saturated heterocycles. The number of halogens is 1. The molecule has 0 spiro atoms. The summed E-state index contributed by atoms with van der Waals surface area (Å²) in [6.07, 6.45) is 3.44. The average Bonchev–Trinajstić information content (AvgIpc) is 3.32. The van der Waals surface area contributed by atoms with Crippen LogP contribution in [0.3, 0.4) is 0 Å². The van der Waals surface area contributed by atoms with Crippen LogP contribution in [-0.4, -0.2) is 106 Å². The summed E-state index contributed by atoms with van der Waals surface area (Å²) >= 11 is 6.42. The third-order valence-electron chi connectivity index (χ3n) is 9.83. The van der Waals surface area contributed by atoms with Crippen LogP contribution in [0.15, 0.2) is 30.3 Å². The molecule has 3 aliphatic heterocycles. The van der Waals surface area contributed by atoms with E-state index < -0.39 is 0 Å². The first kappa shape index (κ1) is 29.6.